The second-order valence-electron chi connectivity index (χ2n) is 20.7. The van der Waals surface area contributed by atoms with Gasteiger partial charge in [0.1, 0.15) is 19.3 Å². The molecule has 0 spiro atoms. The number of phosphoric ester groups is 2. The van der Waals surface area contributed by atoms with Crippen molar-refractivity contribution >= 4 is 39.5 Å². The van der Waals surface area contributed by atoms with E-state index in [-0.39, 0.29) is 25.7 Å². The van der Waals surface area contributed by atoms with Crippen LogP contribution in [0, 0.1) is 0 Å². The van der Waals surface area contributed by atoms with Crippen molar-refractivity contribution < 1.29 is 80.2 Å². The van der Waals surface area contributed by atoms with Crippen LogP contribution >= 0.6 is 15.6 Å². The summed E-state index contributed by atoms with van der Waals surface area (Å²) in [5, 5.41) is 10.5. The van der Waals surface area contributed by atoms with Gasteiger partial charge in [-0.3, -0.25) is 37.3 Å². The molecule has 19 heteroatoms. The molecule has 0 bridgehead atoms. The van der Waals surface area contributed by atoms with Crippen LogP contribution in [0.4, 0.5) is 0 Å². The number of unbranched alkanes of at least 4 members (excludes halogenated alkanes) is 32. The van der Waals surface area contributed by atoms with Gasteiger partial charge in [-0.1, -0.05) is 233 Å². The van der Waals surface area contributed by atoms with Crippen LogP contribution < -0.4 is 0 Å². The zero-order valence-corrected chi connectivity index (χ0v) is 50.0. The molecule has 0 fully saturated rings. The minimum absolute atomic E-state index is 0.106. The van der Waals surface area contributed by atoms with Crippen LogP contribution in [0.5, 0.6) is 0 Å². The third kappa shape index (κ3) is 51.5. The van der Waals surface area contributed by atoms with Gasteiger partial charge in [-0.15, -0.1) is 0 Å². The molecule has 0 amide bonds. The number of phosphoric acid groups is 2. The predicted molar refractivity (Wildman–Crippen MR) is 299 cm³/mol. The first-order chi connectivity index (χ1) is 36.7. The molecule has 450 valence electrons. The number of rotatable bonds is 58. The highest BCUT2D eigenvalue weighted by molar-refractivity contribution is 7.47. The van der Waals surface area contributed by atoms with E-state index in [0.717, 1.165) is 103 Å². The summed E-state index contributed by atoms with van der Waals surface area (Å²) in [4.78, 5) is 71.7. The van der Waals surface area contributed by atoms with Gasteiger partial charge in [0.25, 0.3) is 0 Å². The van der Waals surface area contributed by atoms with Crippen molar-refractivity contribution in [3.05, 3.63) is 0 Å². The number of aliphatic hydroxyl groups is 1. The Balaban J connectivity index is 5.20. The first-order valence-corrected chi connectivity index (χ1v) is 33.3. The first-order valence-electron chi connectivity index (χ1n) is 30.3. The highest BCUT2D eigenvalue weighted by Gasteiger charge is 2.30. The van der Waals surface area contributed by atoms with Crippen molar-refractivity contribution in [2.24, 2.45) is 0 Å². The predicted octanol–water partition coefficient (Wildman–Crippen LogP) is 15.2. The van der Waals surface area contributed by atoms with Crippen molar-refractivity contribution in [3.63, 3.8) is 0 Å². The molecule has 0 aromatic carbocycles. The molecule has 0 aromatic rings. The lowest BCUT2D eigenvalue weighted by molar-refractivity contribution is -0.161. The van der Waals surface area contributed by atoms with Gasteiger partial charge >= 0.3 is 39.5 Å². The molecule has 17 nitrogen and oxygen atoms in total. The highest BCUT2D eigenvalue weighted by Crippen LogP contribution is 2.45. The Labute approximate surface area is 460 Å². The van der Waals surface area contributed by atoms with Gasteiger partial charge in [0, 0.05) is 25.7 Å². The summed E-state index contributed by atoms with van der Waals surface area (Å²) < 4.78 is 67.5. The molecule has 5 atom stereocenters. The maximum Gasteiger partial charge on any atom is 0.472 e. The molecule has 0 aliphatic heterocycles. The topological polar surface area (TPSA) is 237 Å². The maximum absolute atomic E-state index is 12.9. The number of esters is 4. The van der Waals surface area contributed by atoms with E-state index in [1.165, 1.54) is 103 Å². The molecule has 0 rings (SSSR count). The Morgan fingerprint density at radius 1 is 0.316 bits per heavy atom. The van der Waals surface area contributed by atoms with Gasteiger partial charge in [0.05, 0.1) is 26.4 Å². The van der Waals surface area contributed by atoms with Gasteiger partial charge < -0.3 is 33.8 Å². The van der Waals surface area contributed by atoms with E-state index in [1.807, 2.05) is 0 Å². The number of carbonyl (C=O) groups is 4. The zero-order chi connectivity index (χ0) is 56.2. The Morgan fingerprint density at radius 3 is 0.776 bits per heavy atom. The van der Waals surface area contributed by atoms with Crippen LogP contribution in [0.25, 0.3) is 0 Å². The Kier molecular flexibility index (Phi) is 51.1. The average molecular weight is 1130 g/mol. The number of ether oxygens (including phenoxy) is 4. The molecule has 0 radical (unpaired) electrons. The fourth-order valence-corrected chi connectivity index (χ4v) is 9.98. The smallest absolute Gasteiger partial charge is 0.462 e. The summed E-state index contributed by atoms with van der Waals surface area (Å²) in [7, 11) is -9.86. The van der Waals surface area contributed by atoms with E-state index in [4.69, 9.17) is 37.0 Å². The minimum atomic E-state index is -4.93. The van der Waals surface area contributed by atoms with E-state index < -0.39 is 97.5 Å². The van der Waals surface area contributed by atoms with Crippen LogP contribution in [0.3, 0.4) is 0 Å². The number of aliphatic hydroxyl groups excluding tert-OH is 1. The summed E-state index contributed by atoms with van der Waals surface area (Å²) in [6.45, 7) is 4.77. The van der Waals surface area contributed by atoms with E-state index >= 15 is 0 Å². The summed E-state index contributed by atoms with van der Waals surface area (Å²) in [6.07, 6.45) is 34.9. The second kappa shape index (κ2) is 52.4. The molecule has 0 aromatic heterocycles. The standard InChI is InChI=1S/C57H110O17P2/c1-5-9-13-17-21-24-25-28-32-36-40-44-57(62)74-53(48-68-55(60)42-38-34-30-26-22-18-14-10-6-2)50-72-76(65,66)70-46-51(58)45-69-75(63,64)71-49-52(47-67-54(59)41-37-33-29-20-16-12-8-4)73-56(61)43-39-35-31-27-23-19-15-11-7-3/h51-53,58H,5-50H2,1-4H3,(H,63,64)(H,65,66)/t51-,52+,53+/m0/s1. The molecule has 2 unspecified atom stereocenters. The third-order valence-electron chi connectivity index (χ3n) is 13.1. The fraction of sp³-hybridized carbons (Fsp3) is 0.930. The molecular weight excluding hydrogens is 1020 g/mol. The van der Waals surface area contributed by atoms with Crippen molar-refractivity contribution in [1.82, 2.24) is 0 Å². The third-order valence-corrected chi connectivity index (χ3v) is 15.0. The van der Waals surface area contributed by atoms with E-state index in [1.54, 1.807) is 0 Å². The van der Waals surface area contributed by atoms with Crippen LogP contribution in [-0.4, -0.2) is 96.7 Å². The Hall–Kier alpha value is -1.94. The Morgan fingerprint density at radius 2 is 0.526 bits per heavy atom. The normalized spacial score (nSPS) is 14.4. The van der Waals surface area contributed by atoms with E-state index in [2.05, 4.69) is 27.7 Å². The van der Waals surface area contributed by atoms with Crippen molar-refractivity contribution in [1.29, 1.82) is 0 Å². The summed E-state index contributed by atoms with van der Waals surface area (Å²) in [5.74, 6) is -2.15. The van der Waals surface area contributed by atoms with Gasteiger partial charge in [0.15, 0.2) is 12.2 Å². The summed E-state index contributed by atoms with van der Waals surface area (Å²) in [5.41, 5.74) is 0. The summed E-state index contributed by atoms with van der Waals surface area (Å²) in [6, 6.07) is 0. The number of hydrogen-bond acceptors (Lipinski definition) is 15. The zero-order valence-electron chi connectivity index (χ0n) is 48.2. The molecule has 0 aliphatic carbocycles. The second-order valence-corrected chi connectivity index (χ2v) is 23.6. The molecule has 0 saturated heterocycles. The van der Waals surface area contributed by atoms with Gasteiger partial charge in [-0.05, 0) is 25.7 Å². The summed E-state index contributed by atoms with van der Waals surface area (Å²) >= 11 is 0. The number of carbonyl (C=O) groups excluding carboxylic acids is 4. The Bertz CT molecular complexity index is 1490. The van der Waals surface area contributed by atoms with Crippen LogP contribution in [0.1, 0.15) is 285 Å². The van der Waals surface area contributed by atoms with Gasteiger partial charge in [0.2, 0.25) is 0 Å². The fourth-order valence-electron chi connectivity index (χ4n) is 8.40. The minimum Gasteiger partial charge on any atom is -0.462 e. The van der Waals surface area contributed by atoms with Gasteiger partial charge in [-0.25, -0.2) is 9.13 Å². The average Bonchev–Trinajstić information content (AvgIpc) is 3.39. The lowest BCUT2D eigenvalue weighted by atomic mass is 10.1. The molecule has 0 aliphatic rings. The maximum atomic E-state index is 12.9. The van der Waals surface area contributed by atoms with Crippen molar-refractivity contribution in [3.8, 4) is 0 Å². The van der Waals surface area contributed by atoms with Crippen LogP contribution in [0.15, 0.2) is 0 Å². The quantitative estimate of drug-likeness (QED) is 0.0222. The SMILES string of the molecule is CCCCCCCCCCCCCC(=O)O[C@H](COC(=O)CCCCCCCCCCC)COP(=O)(O)OC[C@@H](O)COP(=O)(O)OC[C@@H](COC(=O)CCCCCCCCC)OC(=O)CCCCCCCCCCC. The van der Waals surface area contributed by atoms with E-state index in [0.29, 0.717) is 25.7 Å². The highest BCUT2D eigenvalue weighted by atomic mass is 31.2. The van der Waals surface area contributed by atoms with Crippen LogP contribution in [0.2, 0.25) is 0 Å². The molecule has 3 N–H and O–H groups in total. The van der Waals surface area contributed by atoms with Crippen molar-refractivity contribution in [2.45, 2.75) is 303 Å². The monoisotopic (exact) mass is 1130 g/mol. The molecule has 0 saturated carbocycles. The van der Waals surface area contributed by atoms with E-state index in [9.17, 15) is 43.2 Å². The lowest BCUT2D eigenvalue weighted by Gasteiger charge is -2.21. The van der Waals surface area contributed by atoms with Crippen molar-refractivity contribution in [2.75, 3.05) is 39.6 Å². The number of hydrogen-bond donors (Lipinski definition) is 3. The molecule has 76 heavy (non-hydrogen) atoms. The van der Waals surface area contributed by atoms with Crippen LogP contribution in [-0.2, 0) is 65.4 Å². The molecular formula is C57H110O17P2. The lowest BCUT2D eigenvalue weighted by Crippen LogP contribution is -2.30. The largest absolute Gasteiger partial charge is 0.472 e. The first kappa shape index (κ1) is 74.1. The molecule has 0 heterocycles. The van der Waals surface area contributed by atoms with Gasteiger partial charge in [-0.2, -0.15) is 0 Å².